The van der Waals surface area contributed by atoms with Crippen molar-refractivity contribution < 1.29 is 9.47 Å². The summed E-state index contributed by atoms with van der Waals surface area (Å²) in [6.45, 7) is 1.30. The maximum absolute atomic E-state index is 5.79. The first kappa shape index (κ1) is 14.1. The van der Waals surface area contributed by atoms with Crippen LogP contribution in [0.25, 0.3) is 0 Å². The Bertz CT molecular complexity index is 526. The molecular formula is C16H20N2O2. The topological polar surface area (TPSA) is 70.5 Å². The maximum Gasteiger partial charge on any atom is 0.142 e. The molecule has 0 aliphatic carbocycles. The van der Waals surface area contributed by atoms with Crippen molar-refractivity contribution >= 4 is 11.4 Å². The largest absolute Gasteiger partial charge is 0.494 e. The molecule has 0 unspecified atom stereocenters. The minimum atomic E-state index is 0.638. The Morgan fingerprint density at radius 1 is 0.750 bits per heavy atom. The zero-order chi connectivity index (χ0) is 14.2. The SMILES string of the molecule is Nc1ccc(OCCCCOc2ccccc2N)cc1. The second kappa shape index (κ2) is 7.28. The van der Waals surface area contributed by atoms with Crippen LogP contribution in [-0.4, -0.2) is 13.2 Å². The Hall–Kier alpha value is -2.36. The molecule has 0 aromatic heterocycles. The summed E-state index contributed by atoms with van der Waals surface area (Å²) in [6, 6.07) is 14.9. The molecule has 106 valence electrons. The molecule has 0 saturated carbocycles. The summed E-state index contributed by atoms with van der Waals surface area (Å²) in [5, 5.41) is 0. The molecule has 4 nitrogen and oxygen atoms in total. The zero-order valence-electron chi connectivity index (χ0n) is 11.4. The average Bonchev–Trinajstić information content (AvgIpc) is 2.46. The van der Waals surface area contributed by atoms with Crippen LogP contribution in [-0.2, 0) is 0 Å². The van der Waals surface area contributed by atoms with Crippen LogP contribution in [0.15, 0.2) is 48.5 Å². The smallest absolute Gasteiger partial charge is 0.142 e. The van der Waals surface area contributed by atoms with E-state index in [-0.39, 0.29) is 0 Å². The number of hydrogen-bond acceptors (Lipinski definition) is 4. The number of para-hydroxylation sites is 2. The molecule has 0 aliphatic heterocycles. The van der Waals surface area contributed by atoms with E-state index in [0.717, 1.165) is 30.0 Å². The van der Waals surface area contributed by atoms with Crippen LogP contribution in [0.3, 0.4) is 0 Å². The van der Waals surface area contributed by atoms with Gasteiger partial charge in [-0.2, -0.15) is 0 Å². The van der Waals surface area contributed by atoms with Crippen molar-refractivity contribution in [1.29, 1.82) is 0 Å². The fourth-order valence-corrected chi connectivity index (χ4v) is 1.75. The first-order chi connectivity index (χ1) is 9.75. The van der Waals surface area contributed by atoms with Gasteiger partial charge in [0.25, 0.3) is 0 Å². The summed E-state index contributed by atoms with van der Waals surface area (Å²) in [7, 11) is 0. The third kappa shape index (κ3) is 4.39. The van der Waals surface area contributed by atoms with E-state index in [1.807, 2.05) is 48.5 Å². The molecule has 0 saturated heterocycles. The number of benzene rings is 2. The van der Waals surface area contributed by atoms with E-state index >= 15 is 0 Å². The predicted molar refractivity (Wildman–Crippen MR) is 81.9 cm³/mol. The molecule has 0 bridgehead atoms. The van der Waals surface area contributed by atoms with Crippen LogP contribution in [0, 0.1) is 0 Å². The summed E-state index contributed by atoms with van der Waals surface area (Å²) in [5.41, 5.74) is 12.8. The van der Waals surface area contributed by atoms with Gasteiger partial charge < -0.3 is 20.9 Å². The average molecular weight is 272 g/mol. The highest BCUT2D eigenvalue weighted by Crippen LogP contribution is 2.20. The first-order valence-electron chi connectivity index (χ1n) is 6.71. The van der Waals surface area contributed by atoms with Crippen molar-refractivity contribution in [2.75, 3.05) is 24.7 Å². The van der Waals surface area contributed by atoms with E-state index in [2.05, 4.69) is 0 Å². The lowest BCUT2D eigenvalue weighted by atomic mass is 10.3. The van der Waals surface area contributed by atoms with Gasteiger partial charge in [0.15, 0.2) is 0 Å². The fraction of sp³-hybridized carbons (Fsp3) is 0.250. The van der Waals surface area contributed by atoms with E-state index in [9.17, 15) is 0 Å². The van der Waals surface area contributed by atoms with Crippen molar-refractivity contribution in [3.63, 3.8) is 0 Å². The highest BCUT2D eigenvalue weighted by molar-refractivity contribution is 5.51. The lowest BCUT2D eigenvalue weighted by Crippen LogP contribution is -2.03. The normalized spacial score (nSPS) is 10.2. The quantitative estimate of drug-likeness (QED) is 0.600. The lowest BCUT2D eigenvalue weighted by molar-refractivity contribution is 0.267. The molecule has 20 heavy (non-hydrogen) atoms. The van der Waals surface area contributed by atoms with E-state index in [1.165, 1.54) is 0 Å². The third-order valence-electron chi connectivity index (χ3n) is 2.86. The van der Waals surface area contributed by atoms with Gasteiger partial charge in [-0.1, -0.05) is 12.1 Å². The highest BCUT2D eigenvalue weighted by Gasteiger charge is 1.98. The summed E-state index contributed by atoms with van der Waals surface area (Å²) in [4.78, 5) is 0. The van der Waals surface area contributed by atoms with Gasteiger partial charge in [0.2, 0.25) is 0 Å². The summed E-state index contributed by atoms with van der Waals surface area (Å²) in [6.07, 6.45) is 1.85. The van der Waals surface area contributed by atoms with E-state index < -0.39 is 0 Å². The monoisotopic (exact) mass is 272 g/mol. The van der Waals surface area contributed by atoms with Gasteiger partial charge in [-0.25, -0.2) is 0 Å². The first-order valence-corrected chi connectivity index (χ1v) is 6.71. The molecule has 0 heterocycles. The highest BCUT2D eigenvalue weighted by atomic mass is 16.5. The number of nitrogen functional groups attached to an aromatic ring is 2. The standard InChI is InChI=1S/C16H20N2O2/c17-13-7-9-14(10-8-13)19-11-3-4-12-20-16-6-2-1-5-15(16)18/h1-2,5-10H,3-4,11-12,17-18H2. The number of ether oxygens (including phenoxy) is 2. The van der Waals surface area contributed by atoms with E-state index in [4.69, 9.17) is 20.9 Å². The molecule has 4 N–H and O–H groups in total. The molecule has 2 rings (SSSR count). The predicted octanol–water partition coefficient (Wildman–Crippen LogP) is 3.09. The minimum absolute atomic E-state index is 0.638. The lowest BCUT2D eigenvalue weighted by Gasteiger charge is -2.09. The van der Waals surface area contributed by atoms with Gasteiger partial charge in [0.05, 0.1) is 18.9 Å². The Balaban J connectivity index is 1.60. The van der Waals surface area contributed by atoms with Crippen molar-refractivity contribution in [3.05, 3.63) is 48.5 Å². The van der Waals surface area contributed by atoms with Gasteiger partial charge in [0.1, 0.15) is 11.5 Å². The number of hydrogen-bond donors (Lipinski definition) is 2. The molecule has 0 aliphatic rings. The Labute approximate surface area is 119 Å². The van der Waals surface area contributed by atoms with Crippen molar-refractivity contribution in [2.24, 2.45) is 0 Å². The van der Waals surface area contributed by atoms with Crippen LogP contribution in [0.5, 0.6) is 11.5 Å². The molecule has 2 aromatic rings. The molecule has 0 radical (unpaired) electrons. The fourth-order valence-electron chi connectivity index (χ4n) is 1.75. The second-order valence-electron chi connectivity index (χ2n) is 4.51. The maximum atomic E-state index is 5.79. The zero-order valence-corrected chi connectivity index (χ0v) is 11.4. The van der Waals surface area contributed by atoms with Crippen molar-refractivity contribution in [3.8, 4) is 11.5 Å². The minimum Gasteiger partial charge on any atom is -0.494 e. The Morgan fingerprint density at radius 2 is 1.40 bits per heavy atom. The van der Waals surface area contributed by atoms with Crippen LogP contribution in [0.2, 0.25) is 0 Å². The number of anilines is 2. The van der Waals surface area contributed by atoms with Gasteiger partial charge in [0, 0.05) is 5.69 Å². The molecule has 4 heteroatoms. The number of nitrogens with two attached hydrogens (primary N) is 2. The van der Waals surface area contributed by atoms with Gasteiger partial charge in [-0.15, -0.1) is 0 Å². The Morgan fingerprint density at radius 3 is 2.10 bits per heavy atom. The Kier molecular flexibility index (Phi) is 5.12. The number of unbranched alkanes of at least 4 members (excludes halogenated alkanes) is 1. The summed E-state index contributed by atoms with van der Waals surface area (Å²) in [5.74, 6) is 1.58. The molecular weight excluding hydrogens is 252 g/mol. The van der Waals surface area contributed by atoms with E-state index in [0.29, 0.717) is 18.9 Å². The third-order valence-corrected chi connectivity index (χ3v) is 2.86. The molecule has 2 aromatic carbocycles. The number of rotatable bonds is 7. The summed E-state index contributed by atoms with van der Waals surface area (Å²) < 4.78 is 11.2. The molecule has 0 amide bonds. The summed E-state index contributed by atoms with van der Waals surface area (Å²) >= 11 is 0. The molecule has 0 atom stereocenters. The van der Waals surface area contributed by atoms with Crippen molar-refractivity contribution in [1.82, 2.24) is 0 Å². The molecule has 0 spiro atoms. The van der Waals surface area contributed by atoms with Gasteiger partial charge in [-0.3, -0.25) is 0 Å². The van der Waals surface area contributed by atoms with E-state index in [1.54, 1.807) is 0 Å². The van der Waals surface area contributed by atoms with Gasteiger partial charge in [-0.05, 0) is 49.2 Å². The van der Waals surface area contributed by atoms with Crippen LogP contribution >= 0.6 is 0 Å². The second-order valence-corrected chi connectivity index (χ2v) is 4.51. The van der Waals surface area contributed by atoms with Crippen LogP contribution in [0.4, 0.5) is 11.4 Å². The van der Waals surface area contributed by atoms with Crippen LogP contribution in [0.1, 0.15) is 12.8 Å². The van der Waals surface area contributed by atoms with Gasteiger partial charge >= 0.3 is 0 Å². The van der Waals surface area contributed by atoms with Crippen LogP contribution < -0.4 is 20.9 Å². The van der Waals surface area contributed by atoms with Crippen molar-refractivity contribution in [2.45, 2.75) is 12.8 Å². The molecule has 0 fully saturated rings.